The van der Waals surface area contributed by atoms with Gasteiger partial charge in [-0.1, -0.05) is 11.6 Å². The molecule has 0 saturated heterocycles. The Balaban J connectivity index is 2.26. The summed E-state index contributed by atoms with van der Waals surface area (Å²) in [4.78, 5) is 4.64. The van der Waals surface area contributed by atoms with Crippen molar-refractivity contribution in [1.29, 1.82) is 0 Å². The summed E-state index contributed by atoms with van der Waals surface area (Å²) in [5.41, 5.74) is 4.11. The predicted molar refractivity (Wildman–Crippen MR) is 76.3 cm³/mol. The average Bonchev–Trinajstić information content (AvgIpc) is 2.82. The molecule has 0 N–H and O–H groups in total. The number of aryl methyl sites for hydroxylation is 2. The molecule has 0 unspecified atom stereocenters. The Bertz CT molecular complexity index is 743. The number of aromatic nitrogens is 1. The summed E-state index contributed by atoms with van der Waals surface area (Å²) in [6, 6.07) is 8.28. The third kappa shape index (κ3) is 2.10. The van der Waals surface area contributed by atoms with Crippen LogP contribution in [0, 0.1) is 13.8 Å². The van der Waals surface area contributed by atoms with Crippen LogP contribution in [-0.2, 0) is 11.3 Å². The van der Waals surface area contributed by atoms with E-state index in [0.29, 0.717) is 13.2 Å². The van der Waals surface area contributed by atoms with Gasteiger partial charge in [0.1, 0.15) is 18.0 Å². The van der Waals surface area contributed by atoms with Crippen LogP contribution in [0.2, 0.25) is 0 Å². The summed E-state index contributed by atoms with van der Waals surface area (Å²) in [5, 5.41) is 2.15. The van der Waals surface area contributed by atoms with Crippen molar-refractivity contribution >= 4 is 21.9 Å². The fourth-order valence-electron chi connectivity index (χ4n) is 2.35. The van der Waals surface area contributed by atoms with E-state index in [9.17, 15) is 0 Å². The third-order valence-corrected chi connectivity index (χ3v) is 3.31. The van der Waals surface area contributed by atoms with Crippen molar-refractivity contribution in [2.75, 3.05) is 6.61 Å². The van der Waals surface area contributed by atoms with Crippen LogP contribution in [0.5, 0.6) is 0 Å². The van der Waals surface area contributed by atoms with Gasteiger partial charge in [0.15, 0.2) is 0 Å². The summed E-state index contributed by atoms with van der Waals surface area (Å²) >= 11 is 0. The minimum Gasteiger partial charge on any atom is -0.458 e. The standard InChI is InChI=1S/C16H17NO2/c1-4-18-9-12-8-13-11(3)17-15-6-5-10(2)7-14(15)16(13)19-12/h5-8H,4,9H2,1-3H3. The second-order valence-electron chi connectivity index (χ2n) is 4.81. The Morgan fingerprint density at radius 2 is 2.00 bits per heavy atom. The van der Waals surface area contributed by atoms with Gasteiger partial charge in [0.2, 0.25) is 0 Å². The smallest absolute Gasteiger partial charge is 0.145 e. The summed E-state index contributed by atoms with van der Waals surface area (Å²) in [6.45, 7) is 7.27. The zero-order chi connectivity index (χ0) is 13.4. The number of fused-ring (bicyclic) bond motifs is 3. The quantitative estimate of drug-likeness (QED) is 0.705. The van der Waals surface area contributed by atoms with Crippen molar-refractivity contribution in [1.82, 2.24) is 4.98 Å². The lowest BCUT2D eigenvalue weighted by atomic mass is 10.1. The molecular formula is C16H17NO2. The molecule has 3 heteroatoms. The highest BCUT2D eigenvalue weighted by Gasteiger charge is 2.11. The van der Waals surface area contributed by atoms with Gasteiger partial charge >= 0.3 is 0 Å². The van der Waals surface area contributed by atoms with Crippen LogP contribution in [-0.4, -0.2) is 11.6 Å². The highest BCUT2D eigenvalue weighted by Crippen LogP contribution is 2.30. The van der Waals surface area contributed by atoms with Gasteiger partial charge in [-0.2, -0.15) is 0 Å². The van der Waals surface area contributed by atoms with E-state index in [4.69, 9.17) is 9.15 Å². The predicted octanol–water partition coefficient (Wildman–Crippen LogP) is 4.13. The van der Waals surface area contributed by atoms with E-state index in [2.05, 4.69) is 24.0 Å². The van der Waals surface area contributed by atoms with Crippen molar-refractivity contribution in [3.05, 3.63) is 41.3 Å². The normalized spacial score (nSPS) is 11.5. The van der Waals surface area contributed by atoms with E-state index in [1.54, 1.807) is 0 Å². The maximum Gasteiger partial charge on any atom is 0.145 e. The molecule has 98 valence electrons. The fourth-order valence-corrected chi connectivity index (χ4v) is 2.35. The van der Waals surface area contributed by atoms with Gasteiger partial charge in [-0.05, 0) is 39.0 Å². The van der Waals surface area contributed by atoms with Gasteiger partial charge in [0.25, 0.3) is 0 Å². The lowest BCUT2D eigenvalue weighted by molar-refractivity contribution is 0.119. The molecule has 3 nitrogen and oxygen atoms in total. The number of nitrogens with zero attached hydrogens (tertiary/aromatic N) is 1. The molecule has 0 aliphatic rings. The maximum absolute atomic E-state index is 5.95. The summed E-state index contributed by atoms with van der Waals surface area (Å²) < 4.78 is 11.4. The second-order valence-corrected chi connectivity index (χ2v) is 4.81. The van der Waals surface area contributed by atoms with Crippen LogP contribution in [0.15, 0.2) is 28.7 Å². The topological polar surface area (TPSA) is 35.3 Å². The molecule has 3 aromatic rings. The molecule has 0 bridgehead atoms. The Kier molecular flexibility index (Phi) is 2.99. The third-order valence-electron chi connectivity index (χ3n) is 3.31. The molecule has 0 saturated carbocycles. The highest BCUT2D eigenvalue weighted by atomic mass is 16.5. The zero-order valence-corrected chi connectivity index (χ0v) is 11.5. The number of benzene rings is 1. The summed E-state index contributed by atoms with van der Waals surface area (Å²) in [7, 11) is 0. The molecule has 19 heavy (non-hydrogen) atoms. The molecule has 2 heterocycles. The van der Waals surface area contributed by atoms with Gasteiger partial charge in [-0.25, -0.2) is 0 Å². The number of rotatable bonds is 3. The first-order chi connectivity index (χ1) is 9.19. The van der Waals surface area contributed by atoms with Crippen molar-refractivity contribution in [2.45, 2.75) is 27.4 Å². The van der Waals surface area contributed by atoms with Crippen molar-refractivity contribution in [3.63, 3.8) is 0 Å². The summed E-state index contributed by atoms with van der Waals surface area (Å²) in [5.74, 6) is 0.857. The van der Waals surface area contributed by atoms with Gasteiger partial charge < -0.3 is 9.15 Å². The molecule has 0 aliphatic heterocycles. The van der Waals surface area contributed by atoms with Crippen LogP contribution in [0.3, 0.4) is 0 Å². The summed E-state index contributed by atoms with van der Waals surface area (Å²) in [6.07, 6.45) is 0. The van der Waals surface area contributed by atoms with Crippen molar-refractivity contribution in [3.8, 4) is 0 Å². The SMILES string of the molecule is CCOCc1cc2c(C)nc3ccc(C)cc3c2o1. The molecule has 2 aromatic heterocycles. The highest BCUT2D eigenvalue weighted by molar-refractivity contribution is 6.03. The number of hydrogen-bond donors (Lipinski definition) is 0. The van der Waals surface area contributed by atoms with Crippen LogP contribution in [0.1, 0.15) is 23.9 Å². The first kappa shape index (κ1) is 12.2. The Hall–Kier alpha value is -1.87. The van der Waals surface area contributed by atoms with E-state index in [1.807, 2.05) is 26.0 Å². The van der Waals surface area contributed by atoms with Crippen LogP contribution >= 0.6 is 0 Å². The number of furan rings is 1. The first-order valence-corrected chi connectivity index (χ1v) is 6.56. The lowest BCUT2D eigenvalue weighted by Gasteiger charge is -2.02. The van der Waals surface area contributed by atoms with Crippen LogP contribution < -0.4 is 0 Å². The molecule has 0 aliphatic carbocycles. The van der Waals surface area contributed by atoms with Crippen molar-refractivity contribution < 1.29 is 9.15 Å². The van der Waals surface area contributed by atoms with Crippen LogP contribution in [0.25, 0.3) is 21.9 Å². The molecule has 3 rings (SSSR count). The zero-order valence-electron chi connectivity index (χ0n) is 11.5. The molecule has 0 radical (unpaired) electrons. The molecule has 0 amide bonds. The van der Waals surface area contributed by atoms with E-state index >= 15 is 0 Å². The lowest BCUT2D eigenvalue weighted by Crippen LogP contribution is -1.88. The van der Waals surface area contributed by atoms with Gasteiger partial charge in [0.05, 0.1) is 5.52 Å². The first-order valence-electron chi connectivity index (χ1n) is 6.56. The van der Waals surface area contributed by atoms with Gasteiger partial charge in [0, 0.05) is 23.1 Å². The molecule has 0 spiro atoms. The van der Waals surface area contributed by atoms with E-state index in [1.165, 1.54) is 5.56 Å². The fraction of sp³-hybridized carbons (Fsp3) is 0.312. The van der Waals surface area contributed by atoms with Crippen LogP contribution in [0.4, 0.5) is 0 Å². The molecule has 0 fully saturated rings. The van der Waals surface area contributed by atoms with E-state index < -0.39 is 0 Å². The minimum atomic E-state index is 0.512. The van der Waals surface area contributed by atoms with Crippen molar-refractivity contribution in [2.24, 2.45) is 0 Å². The number of hydrogen-bond acceptors (Lipinski definition) is 3. The van der Waals surface area contributed by atoms with Gasteiger partial charge in [-0.3, -0.25) is 4.98 Å². The molecule has 1 aromatic carbocycles. The average molecular weight is 255 g/mol. The Morgan fingerprint density at radius 3 is 2.79 bits per heavy atom. The molecular weight excluding hydrogens is 238 g/mol. The maximum atomic E-state index is 5.95. The Labute approximate surface area is 112 Å². The second kappa shape index (κ2) is 4.67. The Morgan fingerprint density at radius 1 is 1.16 bits per heavy atom. The number of pyridine rings is 1. The largest absolute Gasteiger partial charge is 0.458 e. The monoisotopic (exact) mass is 255 g/mol. The molecule has 0 atom stereocenters. The number of ether oxygens (including phenoxy) is 1. The minimum absolute atomic E-state index is 0.512. The van der Waals surface area contributed by atoms with Gasteiger partial charge in [-0.15, -0.1) is 0 Å². The van der Waals surface area contributed by atoms with E-state index in [-0.39, 0.29) is 0 Å². The van der Waals surface area contributed by atoms with E-state index in [0.717, 1.165) is 33.3 Å².